The normalized spacial score (nSPS) is 18.5. The van der Waals surface area contributed by atoms with Crippen LogP contribution < -0.4 is 21.0 Å². The topological polar surface area (TPSA) is 209 Å². The number of benzene rings is 2. The van der Waals surface area contributed by atoms with Crippen molar-refractivity contribution in [3.05, 3.63) is 81.3 Å². The minimum atomic E-state index is -4.21. The van der Waals surface area contributed by atoms with Crippen molar-refractivity contribution in [3.8, 4) is 5.75 Å². The number of ether oxygens (including phenoxy) is 1. The molecule has 0 spiro atoms. The van der Waals surface area contributed by atoms with Gasteiger partial charge in [0.1, 0.15) is 30.9 Å². The van der Waals surface area contributed by atoms with E-state index < -0.39 is 36.3 Å². The fourth-order valence-corrected chi connectivity index (χ4v) is 7.61. The average molecular weight is 645 g/mol. The van der Waals surface area contributed by atoms with Crippen LogP contribution in [-0.4, -0.2) is 52.9 Å². The highest BCUT2D eigenvalue weighted by molar-refractivity contribution is 8.00. The Hall–Kier alpha value is -4.31. The third-order valence-electron chi connectivity index (χ3n) is 6.83. The Kier molecular flexibility index (Phi) is 9.29. The summed E-state index contributed by atoms with van der Waals surface area (Å²) in [6.07, 6.45) is 3.83. The van der Waals surface area contributed by atoms with Crippen molar-refractivity contribution in [1.82, 2.24) is 29.2 Å². The minimum absolute atomic E-state index is 0.0265. The second-order valence-corrected chi connectivity index (χ2v) is 13.1. The number of esters is 1. The van der Waals surface area contributed by atoms with E-state index in [0.29, 0.717) is 23.9 Å². The summed E-state index contributed by atoms with van der Waals surface area (Å²) < 4.78 is 34.0. The van der Waals surface area contributed by atoms with E-state index in [4.69, 9.17) is 19.5 Å². The molecule has 3 heterocycles. The van der Waals surface area contributed by atoms with Gasteiger partial charge in [-0.3, -0.25) is 13.9 Å². The van der Waals surface area contributed by atoms with Gasteiger partial charge in [0, 0.05) is 10.6 Å². The zero-order chi connectivity index (χ0) is 31.4. The summed E-state index contributed by atoms with van der Waals surface area (Å²) in [5.41, 5.74) is 5.28. The molecule has 1 aliphatic rings. The second kappa shape index (κ2) is 13.1. The predicted molar refractivity (Wildman–Crippen MR) is 161 cm³/mol. The highest BCUT2D eigenvalue weighted by Crippen LogP contribution is 2.49. The van der Waals surface area contributed by atoms with E-state index in [9.17, 15) is 24.3 Å². The number of nitrogens with zero attached hydrogens (tertiary/aromatic N) is 6. The van der Waals surface area contributed by atoms with Gasteiger partial charge >= 0.3 is 25.4 Å². The highest BCUT2D eigenvalue weighted by Gasteiger charge is 2.36. The average Bonchev–Trinajstić information content (AvgIpc) is 3.61. The molecule has 2 aromatic heterocycles. The summed E-state index contributed by atoms with van der Waals surface area (Å²) in [5, 5.41) is 14.8. The number of nitrogen functional groups attached to an aromatic ring is 1. The first-order chi connectivity index (χ1) is 21.0. The molecule has 232 valence electrons. The maximum Gasteiger partial charge on any atom is 0.459 e. The van der Waals surface area contributed by atoms with Crippen molar-refractivity contribution < 1.29 is 28.1 Å². The molecular weight excluding hydrogens is 615 g/mol. The van der Waals surface area contributed by atoms with Gasteiger partial charge in [-0.15, -0.1) is 11.8 Å². The van der Waals surface area contributed by atoms with Crippen molar-refractivity contribution in [2.24, 2.45) is 7.05 Å². The van der Waals surface area contributed by atoms with Gasteiger partial charge in [0.25, 0.3) is 0 Å². The molecule has 0 radical (unpaired) electrons. The zero-order valence-electron chi connectivity index (χ0n) is 23.6. The number of nitro groups is 1. The summed E-state index contributed by atoms with van der Waals surface area (Å²) in [5.74, 6) is -1.02. The van der Waals surface area contributed by atoms with E-state index in [1.165, 1.54) is 47.4 Å². The van der Waals surface area contributed by atoms with Gasteiger partial charge in [-0.2, -0.15) is 10.1 Å². The Morgan fingerprint density at radius 3 is 2.77 bits per heavy atom. The molecule has 16 nitrogen and oxygen atoms in total. The van der Waals surface area contributed by atoms with Gasteiger partial charge in [-0.25, -0.2) is 18.9 Å². The van der Waals surface area contributed by atoms with E-state index in [2.05, 4.69) is 20.0 Å². The number of anilines is 1. The molecule has 0 bridgehead atoms. The van der Waals surface area contributed by atoms with Gasteiger partial charge in [0.15, 0.2) is 5.69 Å². The number of aromatic nitrogens is 5. The zero-order valence-corrected chi connectivity index (χ0v) is 25.3. The third-order valence-corrected chi connectivity index (χ3v) is 9.99. The van der Waals surface area contributed by atoms with Gasteiger partial charge < -0.3 is 25.1 Å². The number of thioether (sulfide) groups is 1. The van der Waals surface area contributed by atoms with Crippen LogP contribution in [0.2, 0.25) is 0 Å². The maximum absolute atomic E-state index is 14.2. The standard InChI is InChI=1S/C26H29N8O8PS/c1-16(23(35)40-13-18-12-28-25(32(18)2)34(37)38)31-43(39,42-21-9-5-7-17-6-3-4-8-20(17)21)41-14-19-10-11-22(44-19)33-15-29-24(27)30-26(33)36/h3-9,12,15-16,19,22H,10-11,13-14H2,1-2H3,(H,31,39)(H2,27,30,36)/t16-,19-,22+,43?/m0/s1. The van der Waals surface area contributed by atoms with Crippen LogP contribution in [0.25, 0.3) is 10.8 Å². The first-order valence-corrected chi connectivity index (χ1v) is 15.9. The number of imidazole rings is 1. The smallest absolute Gasteiger partial charge is 0.456 e. The van der Waals surface area contributed by atoms with E-state index in [-0.39, 0.29) is 35.5 Å². The fraction of sp³-hybridized carbons (Fsp3) is 0.346. The first kappa shape index (κ1) is 31.1. The van der Waals surface area contributed by atoms with Crippen molar-refractivity contribution in [2.75, 3.05) is 12.3 Å². The fourth-order valence-electron chi connectivity index (χ4n) is 4.54. The lowest BCUT2D eigenvalue weighted by atomic mass is 10.1. The van der Waals surface area contributed by atoms with E-state index in [1.54, 1.807) is 12.1 Å². The molecule has 1 saturated heterocycles. The highest BCUT2D eigenvalue weighted by atomic mass is 32.2. The van der Waals surface area contributed by atoms with Crippen LogP contribution in [0.5, 0.6) is 5.75 Å². The van der Waals surface area contributed by atoms with Crippen LogP contribution in [0.1, 0.15) is 30.8 Å². The number of rotatable bonds is 12. The van der Waals surface area contributed by atoms with Gasteiger partial charge in [-0.1, -0.05) is 41.4 Å². The molecule has 5 rings (SSSR count). The van der Waals surface area contributed by atoms with Crippen LogP contribution in [0, 0.1) is 10.1 Å². The lowest BCUT2D eigenvalue weighted by molar-refractivity contribution is -0.396. The Bertz CT molecular complexity index is 1790. The summed E-state index contributed by atoms with van der Waals surface area (Å²) in [7, 11) is -2.78. The molecule has 3 N–H and O–H groups in total. The third kappa shape index (κ3) is 7.07. The Labute approximate surface area is 254 Å². The number of hydrogen-bond acceptors (Lipinski definition) is 13. The van der Waals surface area contributed by atoms with Crippen LogP contribution in [0.15, 0.2) is 59.8 Å². The number of fused-ring (bicyclic) bond motifs is 1. The molecule has 0 amide bonds. The van der Waals surface area contributed by atoms with Gasteiger partial charge in [-0.05, 0) is 36.1 Å². The van der Waals surface area contributed by atoms with Crippen molar-refractivity contribution in [3.63, 3.8) is 0 Å². The molecule has 1 unspecified atom stereocenters. The second-order valence-electron chi connectivity index (χ2n) is 9.88. The van der Waals surface area contributed by atoms with Gasteiger partial charge in [0.05, 0.1) is 19.0 Å². The molecule has 18 heteroatoms. The van der Waals surface area contributed by atoms with E-state index in [0.717, 1.165) is 5.39 Å². The van der Waals surface area contributed by atoms with Crippen LogP contribution >= 0.6 is 19.5 Å². The monoisotopic (exact) mass is 644 g/mol. The molecule has 4 atom stereocenters. The number of nitrogens with one attached hydrogen (secondary N) is 1. The predicted octanol–water partition coefficient (Wildman–Crippen LogP) is 3.33. The molecule has 0 saturated carbocycles. The summed E-state index contributed by atoms with van der Waals surface area (Å²) >= 11 is 1.43. The summed E-state index contributed by atoms with van der Waals surface area (Å²) in [6.45, 7) is 1.11. The molecule has 1 aliphatic heterocycles. The van der Waals surface area contributed by atoms with Crippen LogP contribution in [0.3, 0.4) is 0 Å². The summed E-state index contributed by atoms with van der Waals surface area (Å²) in [6, 6.07) is 11.5. The molecule has 2 aromatic carbocycles. The number of hydrogen-bond donors (Lipinski definition) is 2. The lowest BCUT2D eigenvalue weighted by Gasteiger charge is -2.24. The van der Waals surface area contributed by atoms with Crippen LogP contribution in [0.4, 0.5) is 11.9 Å². The molecule has 4 aromatic rings. The summed E-state index contributed by atoms with van der Waals surface area (Å²) in [4.78, 5) is 46.8. The number of carbonyl (C=O) groups is 1. The molecule has 44 heavy (non-hydrogen) atoms. The SMILES string of the molecule is C[C@H](NP(=O)(OC[C@@H]1CC[C@H](n2cnc(N)nc2=O)S1)Oc1cccc2ccccc12)C(=O)OCc1cnc([N+](=O)[O-])n1C. The number of nitrogens with two attached hydrogens (primary N) is 1. The largest absolute Gasteiger partial charge is 0.459 e. The molecular formula is C26H29N8O8PS. The Morgan fingerprint density at radius 1 is 1.25 bits per heavy atom. The molecule has 1 fully saturated rings. The lowest BCUT2D eigenvalue weighted by Crippen LogP contribution is -2.35. The van der Waals surface area contributed by atoms with Crippen molar-refractivity contribution >= 4 is 48.1 Å². The quantitative estimate of drug-likeness (QED) is 0.0981. The minimum Gasteiger partial charge on any atom is -0.456 e. The van der Waals surface area contributed by atoms with E-state index >= 15 is 0 Å². The number of carbonyl (C=O) groups excluding carboxylic acids is 1. The Morgan fingerprint density at radius 2 is 2.02 bits per heavy atom. The Balaban J connectivity index is 1.29. The molecule has 0 aliphatic carbocycles. The van der Waals surface area contributed by atoms with Gasteiger partial charge in [0.2, 0.25) is 5.95 Å². The van der Waals surface area contributed by atoms with E-state index in [1.807, 2.05) is 30.3 Å². The first-order valence-electron chi connectivity index (χ1n) is 13.4. The maximum atomic E-state index is 14.2. The van der Waals surface area contributed by atoms with Crippen LogP contribution in [-0.2, 0) is 32.3 Å². The van der Waals surface area contributed by atoms with Crippen molar-refractivity contribution in [2.45, 2.75) is 43.0 Å². The van der Waals surface area contributed by atoms with Crippen molar-refractivity contribution in [1.29, 1.82) is 0 Å².